The van der Waals surface area contributed by atoms with Gasteiger partial charge in [-0.1, -0.05) is 0 Å². The van der Waals surface area contributed by atoms with Crippen molar-refractivity contribution in [3.8, 4) is 0 Å². The molecule has 0 saturated heterocycles. The molecule has 0 bridgehead atoms. The standard InChI is InChI=1S/C5H3O2S/c6-5(7)4-2-1-3-8-4/h1-2H,(H,6,7). The molecule has 0 atom stereocenters. The number of thiophene rings is 1. The monoisotopic (exact) mass is 127 g/mol. The van der Waals surface area contributed by atoms with Crippen molar-refractivity contribution in [3.05, 3.63) is 22.4 Å². The quantitative estimate of drug-likeness (QED) is 0.616. The van der Waals surface area contributed by atoms with E-state index in [2.05, 4.69) is 5.38 Å². The van der Waals surface area contributed by atoms with Gasteiger partial charge in [0.25, 0.3) is 0 Å². The van der Waals surface area contributed by atoms with Crippen molar-refractivity contribution in [3.63, 3.8) is 0 Å². The van der Waals surface area contributed by atoms with Gasteiger partial charge in [0.2, 0.25) is 0 Å². The number of rotatable bonds is 1. The van der Waals surface area contributed by atoms with Gasteiger partial charge in [-0.3, -0.25) is 0 Å². The molecular weight excluding hydrogens is 124 g/mol. The summed E-state index contributed by atoms with van der Waals surface area (Å²) >= 11 is 1.11. The summed E-state index contributed by atoms with van der Waals surface area (Å²) in [6.07, 6.45) is 0. The van der Waals surface area contributed by atoms with E-state index in [4.69, 9.17) is 5.11 Å². The van der Waals surface area contributed by atoms with Gasteiger partial charge in [-0.05, 0) is 12.1 Å². The van der Waals surface area contributed by atoms with Crippen molar-refractivity contribution in [1.82, 2.24) is 0 Å². The SMILES string of the molecule is O=C(O)c1cc[c]s1. The Kier molecular flexibility index (Phi) is 1.30. The van der Waals surface area contributed by atoms with Gasteiger partial charge in [0, 0.05) is 5.38 Å². The van der Waals surface area contributed by atoms with Crippen LogP contribution in [0, 0.1) is 5.38 Å². The van der Waals surface area contributed by atoms with Crippen molar-refractivity contribution >= 4 is 17.3 Å². The van der Waals surface area contributed by atoms with E-state index in [0.29, 0.717) is 4.88 Å². The molecule has 0 aromatic carbocycles. The molecule has 3 heteroatoms. The highest BCUT2D eigenvalue weighted by molar-refractivity contribution is 7.11. The van der Waals surface area contributed by atoms with Crippen LogP contribution in [0.5, 0.6) is 0 Å². The third-order valence-corrected chi connectivity index (χ3v) is 1.47. The molecule has 0 unspecified atom stereocenters. The van der Waals surface area contributed by atoms with Gasteiger partial charge in [0.15, 0.2) is 0 Å². The van der Waals surface area contributed by atoms with Crippen molar-refractivity contribution in [1.29, 1.82) is 0 Å². The molecule has 1 rings (SSSR count). The Hall–Kier alpha value is -0.830. The number of aromatic carboxylic acids is 1. The van der Waals surface area contributed by atoms with Crippen LogP contribution < -0.4 is 0 Å². The van der Waals surface area contributed by atoms with Crippen molar-refractivity contribution < 1.29 is 9.90 Å². The summed E-state index contributed by atoms with van der Waals surface area (Å²) in [6, 6.07) is 3.11. The smallest absolute Gasteiger partial charge is 0.345 e. The third-order valence-electron chi connectivity index (χ3n) is 0.682. The van der Waals surface area contributed by atoms with E-state index in [1.807, 2.05) is 0 Å². The van der Waals surface area contributed by atoms with Crippen LogP contribution in [0.4, 0.5) is 0 Å². The number of carboxylic acid groups (broad SMARTS) is 1. The molecule has 0 spiro atoms. The summed E-state index contributed by atoms with van der Waals surface area (Å²) in [6.45, 7) is 0. The molecule has 1 aromatic rings. The molecule has 1 heterocycles. The van der Waals surface area contributed by atoms with Crippen LogP contribution in [0.2, 0.25) is 0 Å². The van der Waals surface area contributed by atoms with Crippen LogP contribution in [-0.2, 0) is 0 Å². The topological polar surface area (TPSA) is 37.3 Å². The molecule has 0 aliphatic rings. The Bertz CT molecular complexity index is 178. The third kappa shape index (κ3) is 0.869. The van der Waals surface area contributed by atoms with E-state index in [-0.39, 0.29) is 0 Å². The van der Waals surface area contributed by atoms with E-state index >= 15 is 0 Å². The fourth-order valence-corrected chi connectivity index (χ4v) is 0.843. The number of hydrogen-bond donors (Lipinski definition) is 1. The Morgan fingerprint density at radius 1 is 1.88 bits per heavy atom. The highest BCUT2D eigenvalue weighted by atomic mass is 32.1. The molecule has 0 fully saturated rings. The van der Waals surface area contributed by atoms with Crippen LogP contribution in [0.15, 0.2) is 12.1 Å². The highest BCUT2D eigenvalue weighted by Crippen LogP contribution is 2.05. The van der Waals surface area contributed by atoms with Crippen LogP contribution in [0.25, 0.3) is 0 Å². The first-order valence-electron chi connectivity index (χ1n) is 2.00. The minimum absolute atomic E-state index is 0.338. The maximum atomic E-state index is 10.1. The van der Waals surface area contributed by atoms with Gasteiger partial charge >= 0.3 is 5.97 Å². The molecular formula is C5H3O2S. The zero-order valence-electron chi connectivity index (χ0n) is 3.92. The summed E-state index contributed by atoms with van der Waals surface area (Å²) in [4.78, 5) is 10.4. The van der Waals surface area contributed by atoms with E-state index in [0.717, 1.165) is 11.3 Å². The van der Waals surface area contributed by atoms with E-state index in [1.54, 1.807) is 6.07 Å². The minimum Gasteiger partial charge on any atom is -0.477 e. The normalized spacial score (nSPS) is 9.00. The molecule has 8 heavy (non-hydrogen) atoms. The Morgan fingerprint density at radius 3 is 2.88 bits per heavy atom. The van der Waals surface area contributed by atoms with Gasteiger partial charge in [0.05, 0.1) is 0 Å². The minimum atomic E-state index is -0.878. The lowest BCUT2D eigenvalue weighted by molar-refractivity contribution is 0.0702. The first-order valence-corrected chi connectivity index (χ1v) is 2.81. The first kappa shape index (κ1) is 5.31. The maximum absolute atomic E-state index is 10.1. The van der Waals surface area contributed by atoms with E-state index in [1.165, 1.54) is 6.07 Å². The van der Waals surface area contributed by atoms with Gasteiger partial charge < -0.3 is 5.11 Å². The second-order valence-electron chi connectivity index (χ2n) is 1.22. The van der Waals surface area contributed by atoms with Gasteiger partial charge in [-0.25, -0.2) is 4.79 Å². The molecule has 2 nitrogen and oxygen atoms in total. The number of hydrogen-bond acceptors (Lipinski definition) is 2. The summed E-state index contributed by atoms with van der Waals surface area (Å²) in [7, 11) is 0. The highest BCUT2D eigenvalue weighted by Gasteiger charge is 1.99. The van der Waals surface area contributed by atoms with E-state index in [9.17, 15) is 4.79 Å². The lowest BCUT2D eigenvalue weighted by Crippen LogP contribution is -1.89. The van der Waals surface area contributed by atoms with E-state index < -0.39 is 5.97 Å². The Balaban J connectivity index is 2.93. The molecule has 1 radical (unpaired) electrons. The average Bonchev–Trinajstić information content (AvgIpc) is 2.12. The van der Waals surface area contributed by atoms with Crippen LogP contribution in [0.1, 0.15) is 9.67 Å². The Morgan fingerprint density at radius 2 is 2.62 bits per heavy atom. The fourth-order valence-electron chi connectivity index (χ4n) is 0.356. The predicted octanol–water partition coefficient (Wildman–Crippen LogP) is 1.25. The van der Waals surface area contributed by atoms with Crippen LogP contribution >= 0.6 is 11.3 Å². The molecule has 0 amide bonds. The molecule has 1 N–H and O–H groups in total. The van der Waals surface area contributed by atoms with Gasteiger partial charge in [-0.2, -0.15) is 0 Å². The van der Waals surface area contributed by atoms with Crippen LogP contribution in [0.3, 0.4) is 0 Å². The summed E-state index contributed by atoms with van der Waals surface area (Å²) in [5.41, 5.74) is 0. The molecule has 0 aliphatic carbocycles. The largest absolute Gasteiger partial charge is 0.477 e. The molecule has 1 aromatic heterocycles. The second kappa shape index (κ2) is 1.96. The predicted molar refractivity (Wildman–Crippen MR) is 30.1 cm³/mol. The second-order valence-corrected chi connectivity index (χ2v) is 2.10. The summed E-state index contributed by atoms with van der Waals surface area (Å²) in [5.74, 6) is -0.878. The molecule has 0 saturated carbocycles. The lowest BCUT2D eigenvalue weighted by atomic mass is 10.5. The molecule has 41 valence electrons. The summed E-state index contributed by atoms with van der Waals surface area (Å²) in [5, 5.41) is 10.9. The van der Waals surface area contributed by atoms with Gasteiger partial charge in [-0.15, -0.1) is 11.3 Å². The number of carbonyl (C=O) groups is 1. The zero-order chi connectivity index (χ0) is 5.98. The summed E-state index contributed by atoms with van der Waals surface area (Å²) < 4.78 is 0. The van der Waals surface area contributed by atoms with Crippen molar-refractivity contribution in [2.75, 3.05) is 0 Å². The van der Waals surface area contributed by atoms with Crippen molar-refractivity contribution in [2.45, 2.75) is 0 Å². The lowest BCUT2D eigenvalue weighted by Gasteiger charge is -1.78. The Labute approximate surface area is 50.4 Å². The fraction of sp³-hybridized carbons (Fsp3) is 0. The van der Waals surface area contributed by atoms with Gasteiger partial charge in [0.1, 0.15) is 4.88 Å². The van der Waals surface area contributed by atoms with Crippen molar-refractivity contribution in [2.24, 2.45) is 0 Å². The zero-order valence-corrected chi connectivity index (χ0v) is 4.73. The number of carboxylic acids is 1. The first-order chi connectivity index (χ1) is 3.80. The average molecular weight is 127 g/mol. The maximum Gasteiger partial charge on any atom is 0.345 e. The molecule has 0 aliphatic heterocycles. The van der Waals surface area contributed by atoms with Crippen LogP contribution in [-0.4, -0.2) is 11.1 Å².